The SMILES string of the molecule is Cc1csc2c(CBr)c(Br)ccc12. The predicted molar refractivity (Wildman–Crippen MR) is 66.9 cm³/mol. The third kappa shape index (κ3) is 1.58. The Hall–Kier alpha value is 0.140. The van der Waals surface area contributed by atoms with Crippen molar-refractivity contribution in [1.29, 1.82) is 0 Å². The molecule has 0 fully saturated rings. The lowest BCUT2D eigenvalue weighted by atomic mass is 10.1. The van der Waals surface area contributed by atoms with Gasteiger partial charge in [-0.15, -0.1) is 11.3 Å². The number of benzene rings is 1. The second-order valence-electron chi connectivity index (χ2n) is 2.95. The van der Waals surface area contributed by atoms with Gasteiger partial charge in [0.1, 0.15) is 0 Å². The summed E-state index contributed by atoms with van der Waals surface area (Å²) in [7, 11) is 0. The fraction of sp³-hybridized carbons (Fsp3) is 0.200. The summed E-state index contributed by atoms with van der Waals surface area (Å²) in [5.74, 6) is 0. The molecule has 1 aromatic carbocycles. The highest BCUT2D eigenvalue weighted by Crippen LogP contribution is 2.34. The van der Waals surface area contributed by atoms with E-state index in [4.69, 9.17) is 0 Å². The van der Waals surface area contributed by atoms with Gasteiger partial charge in [-0.05, 0) is 34.9 Å². The van der Waals surface area contributed by atoms with E-state index in [-0.39, 0.29) is 0 Å². The van der Waals surface area contributed by atoms with Crippen LogP contribution in [0.25, 0.3) is 10.1 Å². The van der Waals surface area contributed by atoms with Gasteiger partial charge in [0.2, 0.25) is 0 Å². The number of hydrogen-bond donors (Lipinski definition) is 0. The second kappa shape index (κ2) is 3.71. The molecule has 0 amide bonds. The Kier molecular flexibility index (Phi) is 2.77. The van der Waals surface area contributed by atoms with Crippen molar-refractivity contribution in [2.24, 2.45) is 0 Å². The van der Waals surface area contributed by atoms with E-state index < -0.39 is 0 Å². The number of alkyl halides is 1. The molecule has 0 saturated heterocycles. The average molecular weight is 320 g/mol. The highest BCUT2D eigenvalue weighted by Gasteiger charge is 2.07. The van der Waals surface area contributed by atoms with Crippen LogP contribution >= 0.6 is 43.2 Å². The summed E-state index contributed by atoms with van der Waals surface area (Å²) in [6, 6.07) is 4.30. The van der Waals surface area contributed by atoms with Gasteiger partial charge in [-0.3, -0.25) is 0 Å². The molecular weight excluding hydrogens is 312 g/mol. The molecule has 0 aliphatic heterocycles. The molecule has 0 atom stereocenters. The van der Waals surface area contributed by atoms with E-state index in [0.29, 0.717) is 0 Å². The van der Waals surface area contributed by atoms with E-state index in [0.717, 1.165) is 5.33 Å². The largest absolute Gasteiger partial charge is 0.143 e. The highest BCUT2D eigenvalue weighted by molar-refractivity contribution is 9.10. The second-order valence-corrected chi connectivity index (χ2v) is 5.25. The summed E-state index contributed by atoms with van der Waals surface area (Å²) in [5, 5.41) is 4.50. The number of rotatable bonds is 1. The van der Waals surface area contributed by atoms with E-state index in [1.54, 1.807) is 0 Å². The van der Waals surface area contributed by atoms with Gasteiger partial charge in [-0.1, -0.05) is 37.9 Å². The van der Waals surface area contributed by atoms with Gasteiger partial charge in [-0.25, -0.2) is 0 Å². The topological polar surface area (TPSA) is 0 Å². The average Bonchev–Trinajstić information content (AvgIpc) is 2.48. The van der Waals surface area contributed by atoms with Gasteiger partial charge in [0.05, 0.1) is 0 Å². The Morgan fingerprint density at radius 1 is 1.38 bits per heavy atom. The highest BCUT2D eigenvalue weighted by atomic mass is 79.9. The first-order valence-electron chi connectivity index (χ1n) is 3.95. The van der Waals surface area contributed by atoms with Crippen LogP contribution in [0, 0.1) is 6.92 Å². The Bertz CT molecular complexity index is 445. The zero-order valence-corrected chi connectivity index (χ0v) is 11.1. The van der Waals surface area contributed by atoms with Crippen LogP contribution in [0.3, 0.4) is 0 Å². The van der Waals surface area contributed by atoms with E-state index in [1.165, 1.54) is 25.7 Å². The molecule has 1 aromatic heterocycles. The van der Waals surface area contributed by atoms with E-state index >= 15 is 0 Å². The first-order valence-corrected chi connectivity index (χ1v) is 6.74. The monoisotopic (exact) mass is 318 g/mol. The molecule has 0 radical (unpaired) electrons. The third-order valence-corrected chi connectivity index (χ3v) is 4.59. The molecular formula is C10H8Br2S. The maximum atomic E-state index is 3.56. The minimum absolute atomic E-state index is 0.908. The Morgan fingerprint density at radius 3 is 2.85 bits per heavy atom. The maximum Gasteiger partial charge on any atom is 0.0397 e. The van der Waals surface area contributed by atoms with E-state index in [2.05, 4.69) is 56.3 Å². The van der Waals surface area contributed by atoms with Crippen molar-refractivity contribution in [3.8, 4) is 0 Å². The molecule has 1 heterocycles. The van der Waals surface area contributed by atoms with Gasteiger partial charge >= 0.3 is 0 Å². The van der Waals surface area contributed by atoms with E-state index in [1.807, 2.05) is 11.3 Å². The number of fused-ring (bicyclic) bond motifs is 1. The minimum atomic E-state index is 0.908. The van der Waals surface area contributed by atoms with Gasteiger partial charge in [-0.2, -0.15) is 0 Å². The number of hydrogen-bond acceptors (Lipinski definition) is 1. The molecule has 2 aromatic rings. The van der Waals surface area contributed by atoms with Crippen LogP contribution < -0.4 is 0 Å². The predicted octanol–water partition coefficient (Wildman–Crippen LogP) is 4.87. The molecule has 0 bridgehead atoms. The van der Waals surface area contributed by atoms with Crippen molar-refractivity contribution >= 4 is 53.3 Å². The van der Waals surface area contributed by atoms with Crippen LogP contribution in [0.1, 0.15) is 11.1 Å². The molecule has 0 aliphatic rings. The molecule has 3 heteroatoms. The van der Waals surface area contributed by atoms with Crippen molar-refractivity contribution < 1.29 is 0 Å². The van der Waals surface area contributed by atoms with Crippen molar-refractivity contribution in [3.63, 3.8) is 0 Å². The van der Waals surface area contributed by atoms with Crippen LogP contribution in [0.4, 0.5) is 0 Å². The Labute approximate surface area is 98.2 Å². The first-order chi connectivity index (χ1) is 6.24. The Morgan fingerprint density at radius 2 is 2.15 bits per heavy atom. The lowest BCUT2D eigenvalue weighted by molar-refractivity contribution is 1.46. The standard InChI is InChI=1S/C10H8Br2S/c1-6-5-13-10-7(6)2-3-9(12)8(10)4-11/h2-3,5H,4H2,1H3. The van der Waals surface area contributed by atoms with Crippen LogP contribution in [0.15, 0.2) is 22.0 Å². The molecule has 0 spiro atoms. The normalized spacial score (nSPS) is 11.0. The molecule has 2 rings (SSSR count). The lowest BCUT2D eigenvalue weighted by Crippen LogP contribution is -1.80. The fourth-order valence-corrected chi connectivity index (χ4v) is 4.23. The number of halogens is 2. The van der Waals surface area contributed by atoms with Crippen LogP contribution in [-0.4, -0.2) is 0 Å². The van der Waals surface area contributed by atoms with Crippen molar-refractivity contribution in [2.45, 2.75) is 12.3 Å². The zero-order valence-electron chi connectivity index (χ0n) is 7.10. The molecule has 13 heavy (non-hydrogen) atoms. The number of aryl methyl sites for hydroxylation is 1. The third-order valence-electron chi connectivity index (χ3n) is 2.12. The summed E-state index contributed by atoms with van der Waals surface area (Å²) in [6.45, 7) is 2.16. The zero-order chi connectivity index (χ0) is 9.42. The van der Waals surface area contributed by atoms with Gasteiger partial charge in [0.25, 0.3) is 0 Å². The first kappa shape index (κ1) is 9.69. The maximum absolute atomic E-state index is 3.56. The molecule has 0 N–H and O–H groups in total. The number of thiophene rings is 1. The molecule has 0 unspecified atom stereocenters. The van der Waals surface area contributed by atoms with Crippen molar-refractivity contribution in [1.82, 2.24) is 0 Å². The van der Waals surface area contributed by atoms with Gasteiger partial charge < -0.3 is 0 Å². The summed E-state index contributed by atoms with van der Waals surface area (Å²) in [4.78, 5) is 0. The molecule has 0 aliphatic carbocycles. The van der Waals surface area contributed by atoms with Crippen LogP contribution in [0.2, 0.25) is 0 Å². The molecule has 68 valence electrons. The fourth-order valence-electron chi connectivity index (χ4n) is 1.38. The molecule has 0 saturated carbocycles. The van der Waals surface area contributed by atoms with Crippen LogP contribution in [0.5, 0.6) is 0 Å². The Balaban J connectivity index is 2.85. The summed E-state index contributed by atoms with van der Waals surface area (Å²) in [6.07, 6.45) is 0. The summed E-state index contributed by atoms with van der Waals surface area (Å²) < 4.78 is 2.59. The quantitative estimate of drug-likeness (QED) is 0.658. The van der Waals surface area contributed by atoms with Crippen molar-refractivity contribution in [3.05, 3.63) is 33.1 Å². The lowest BCUT2D eigenvalue weighted by Gasteiger charge is -2.01. The van der Waals surface area contributed by atoms with Crippen LogP contribution in [-0.2, 0) is 5.33 Å². The minimum Gasteiger partial charge on any atom is -0.143 e. The summed E-state index contributed by atoms with van der Waals surface area (Å²) in [5.41, 5.74) is 2.73. The van der Waals surface area contributed by atoms with Gasteiger partial charge in [0, 0.05) is 14.5 Å². The summed E-state index contributed by atoms with van der Waals surface area (Å²) >= 11 is 8.90. The molecule has 0 nitrogen and oxygen atoms in total. The van der Waals surface area contributed by atoms with Gasteiger partial charge in [0.15, 0.2) is 0 Å². The van der Waals surface area contributed by atoms with Crippen molar-refractivity contribution in [2.75, 3.05) is 0 Å². The smallest absolute Gasteiger partial charge is 0.0397 e. The van der Waals surface area contributed by atoms with E-state index in [9.17, 15) is 0 Å².